The zero-order chi connectivity index (χ0) is 18.6. The average Bonchev–Trinajstić information content (AvgIpc) is 2.67. The first kappa shape index (κ1) is 23.8. The van der Waals surface area contributed by atoms with Gasteiger partial charge >= 0.3 is 0 Å². The summed E-state index contributed by atoms with van der Waals surface area (Å²) in [6.07, 6.45) is 3.56. The Bertz CT molecular complexity index is 778. The van der Waals surface area contributed by atoms with E-state index in [0.29, 0.717) is 5.92 Å². The van der Waals surface area contributed by atoms with Crippen LogP contribution in [0.25, 0.3) is 0 Å². The van der Waals surface area contributed by atoms with Gasteiger partial charge in [0, 0.05) is 25.3 Å². The van der Waals surface area contributed by atoms with E-state index in [2.05, 4.69) is 47.2 Å². The number of anilines is 1. The predicted octanol–water partition coefficient (Wildman–Crippen LogP) is 4.39. The lowest BCUT2D eigenvalue weighted by Gasteiger charge is -2.32. The SMILES string of the molecule is CN1CCc2ccc(OCC3CCN(Cc4cccc(N)c4)CC3)cc2C1.Cl.Cl. The average molecular weight is 438 g/mol. The van der Waals surface area contributed by atoms with Crippen molar-refractivity contribution in [3.05, 3.63) is 59.2 Å². The Morgan fingerprint density at radius 3 is 2.55 bits per heavy atom. The van der Waals surface area contributed by atoms with E-state index in [0.717, 1.165) is 57.2 Å². The first-order valence-corrected chi connectivity index (χ1v) is 10.2. The fraction of sp³-hybridized carbons (Fsp3) is 0.478. The molecule has 2 heterocycles. The van der Waals surface area contributed by atoms with Crippen molar-refractivity contribution >= 4 is 30.5 Å². The molecule has 2 aliphatic heterocycles. The summed E-state index contributed by atoms with van der Waals surface area (Å²) in [5.41, 5.74) is 11.0. The number of likely N-dealkylation sites (N-methyl/N-ethyl adjacent to an activating group) is 1. The molecule has 0 spiro atoms. The number of piperidine rings is 1. The van der Waals surface area contributed by atoms with E-state index in [1.807, 2.05) is 12.1 Å². The van der Waals surface area contributed by atoms with Crippen molar-refractivity contribution in [1.29, 1.82) is 0 Å². The summed E-state index contributed by atoms with van der Waals surface area (Å²) < 4.78 is 6.16. The van der Waals surface area contributed by atoms with Crippen molar-refractivity contribution in [2.24, 2.45) is 5.92 Å². The number of nitrogens with zero attached hydrogens (tertiary/aromatic N) is 2. The van der Waals surface area contributed by atoms with Crippen molar-refractivity contribution in [1.82, 2.24) is 9.80 Å². The molecule has 4 rings (SSSR count). The van der Waals surface area contributed by atoms with Crippen LogP contribution in [-0.2, 0) is 19.5 Å². The normalized spacial score (nSPS) is 17.7. The number of rotatable bonds is 5. The Morgan fingerprint density at radius 2 is 1.79 bits per heavy atom. The van der Waals surface area contributed by atoms with Gasteiger partial charge in [0.05, 0.1) is 6.61 Å². The Labute approximate surface area is 187 Å². The fourth-order valence-corrected chi connectivity index (χ4v) is 4.24. The van der Waals surface area contributed by atoms with Gasteiger partial charge in [-0.15, -0.1) is 24.8 Å². The second-order valence-electron chi connectivity index (χ2n) is 8.19. The molecule has 0 radical (unpaired) electrons. The Morgan fingerprint density at radius 1 is 1.00 bits per heavy atom. The van der Waals surface area contributed by atoms with Crippen molar-refractivity contribution in [2.75, 3.05) is 39.0 Å². The molecule has 1 saturated heterocycles. The summed E-state index contributed by atoms with van der Waals surface area (Å²) in [4.78, 5) is 4.90. The second-order valence-corrected chi connectivity index (χ2v) is 8.19. The van der Waals surface area contributed by atoms with E-state index < -0.39 is 0 Å². The van der Waals surface area contributed by atoms with Crippen molar-refractivity contribution in [3.8, 4) is 5.75 Å². The van der Waals surface area contributed by atoms with E-state index >= 15 is 0 Å². The smallest absolute Gasteiger partial charge is 0.119 e. The number of fused-ring (bicyclic) bond motifs is 1. The molecule has 0 bridgehead atoms. The van der Waals surface area contributed by atoms with Crippen LogP contribution in [-0.4, -0.2) is 43.1 Å². The molecule has 2 aromatic carbocycles. The molecule has 4 nitrogen and oxygen atoms in total. The van der Waals surface area contributed by atoms with E-state index in [1.165, 1.54) is 29.5 Å². The third-order valence-corrected chi connectivity index (χ3v) is 5.93. The predicted molar refractivity (Wildman–Crippen MR) is 125 cm³/mol. The van der Waals surface area contributed by atoms with Gasteiger partial charge in [-0.25, -0.2) is 0 Å². The number of nitrogen functional groups attached to an aromatic ring is 1. The van der Waals surface area contributed by atoms with Crippen LogP contribution in [0, 0.1) is 5.92 Å². The first-order chi connectivity index (χ1) is 13.2. The van der Waals surface area contributed by atoms with Crippen LogP contribution in [0.2, 0.25) is 0 Å². The molecule has 6 heteroatoms. The highest BCUT2D eigenvalue weighted by atomic mass is 35.5. The lowest BCUT2D eigenvalue weighted by atomic mass is 9.97. The van der Waals surface area contributed by atoms with E-state index in [9.17, 15) is 0 Å². The summed E-state index contributed by atoms with van der Waals surface area (Å²) in [6.45, 7) is 6.30. The quantitative estimate of drug-likeness (QED) is 0.704. The van der Waals surface area contributed by atoms with E-state index in [4.69, 9.17) is 10.5 Å². The van der Waals surface area contributed by atoms with Crippen molar-refractivity contribution < 1.29 is 4.74 Å². The van der Waals surface area contributed by atoms with Crippen LogP contribution < -0.4 is 10.5 Å². The third kappa shape index (κ3) is 6.51. The summed E-state index contributed by atoms with van der Waals surface area (Å²) >= 11 is 0. The number of nitrogens with two attached hydrogens (primary N) is 1. The zero-order valence-corrected chi connectivity index (χ0v) is 18.8. The monoisotopic (exact) mass is 437 g/mol. The molecule has 2 aliphatic rings. The largest absolute Gasteiger partial charge is 0.493 e. The molecule has 160 valence electrons. The molecule has 29 heavy (non-hydrogen) atoms. The minimum Gasteiger partial charge on any atom is -0.493 e. The summed E-state index contributed by atoms with van der Waals surface area (Å²) in [6, 6.07) is 14.9. The van der Waals surface area contributed by atoms with Gasteiger partial charge in [0.15, 0.2) is 0 Å². The molecule has 0 amide bonds. The zero-order valence-electron chi connectivity index (χ0n) is 17.2. The maximum absolute atomic E-state index is 6.16. The van der Waals surface area contributed by atoms with Crippen molar-refractivity contribution in [2.45, 2.75) is 32.4 Å². The lowest BCUT2D eigenvalue weighted by molar-refractivity contribution is 0.136. The van der Waals surface area contributed by atoms with Gasteiger partial charge in [-0.1, -0.05) is 18.2 Å². The molecular formula is C23H33Cl2N3O. The molecule has 2 N–H and O–H groups in total. The van der Waals surface area contributed by atoms with E-state index in [1.54, 1.807) is 0 Å². The fourth-order valence-electron chi connectivity index (χ4n) is 4.24. The van der Waals surface area contributed by atoms with Gasteiger partial charge in [0.2, 0.25) is 0 Å². The molecule has 2 aromatic rings. The van der Waals surface area contributed by atoms with Crippen LogP contribution in [0.4, 0.5) is 5.69 Å². The summed E-state index contributed by atoms with van der Waals surface area (Å²) in [5.74, 6) is 1.69. The van der Waals surface area contributed by atoms with Gasteiger partial charge in [-0.2, -0.15) is 0 Å². The van der Waals surface area contributed by atoms with Crippen LogP contribution in [0.3, 0.4) is 0 Å². The Hall–Kier alpha value is -1.46. The molecule has 0 atom stereocenters. The van der Waals surface area contributed by atoms with Gasteiger partial charge < -0.3 is 15.4 Å². The number of likely N-dealkylation sites (tertiary alicyclic amines) is 1. The number of hydrogen-bond donors (Lipinski definition) is 1. The maximum Gasteiger partial charge on any atom is 0.119 e. The van der Waals surface area contributed by atoms with Crippen LogP contribution >= 0.6 is 24.8 Å². The van der Waals surface area contributed by atoms with Gasteiger partial charge in [-0.3, -0.25) is 4.90 Å². The standard InChI is InChI=1S/C23H31N3O.2ClH/c1-25-10-9-20-5-6-23(14-21(20)16-25)27-17-18-7-11-26(12-8-18)15-19-3-2-4-22(24)13-19;;/h2-6,13-14,18H,7-12,15-17,24H2,1H3;2*1H. The number of benzene rings is 2. The number of hydrogen-bond acceptors (Lipinski definition) is 4. The van der Waals surface area contributed by atoms with E-state index in [-0.39, 0.29) is 24.8 Å². The van der Waals surface area contributed by atoms with Gasteiger partial charge in [0.25, 0.3) is 0 Å². The van der Waals surface area contributed by atoms with Gasteiger partial charge in [-0.05, 0) is 86.3 Å². The first-order valence-electron chi connectivity index (χ1n) is 10.2. The molecule has 0 aromatic heterocycles. The molecule has 1 fully saturated rings. The molecule has 0 unspecified atom stereocenters. The minimum absolute atomic E-state index is 0. The van der Waals surface area contributed by atoms with Gasteiger partial charge in [0.1, 0.15) is 5.75 Å². The maximum atomic E-state index is 6.16. The van der Waals surface area contributed by atoms with Crippen LogP contribution in [0.5, 0.6) is 5.75 Å². The lowest BCUT2D eigenvalue weighted by Crippen LogP contribution is -2.35. The highest BCUT2D eigenvalue weighted by Gasteiger charge is 2.20. The second kappa shape index (κ2) is 11.1. The minimum atomic E-state index is 0. The Balaban J connectivity index is 0.00000150. The third-order valence-electron chi connectivity index (χ3n) is 5.93. The topological polar surface area (TPSA) is 41.7 Å². The molecule has 0 aliphatic carbocycles. The Kier molecular flexibility index (Phi) is 9.09. The highest BCUT2D eigenvalue weighted by molar-refractivity contribution is 5.85. The van der Waals surface area contributed by atoms with Crippen LogP contribution in [0.1, 0.15) is 29.5 Å². The summed E-state index contributed by atoms with van der Waals surface area (Å²) in [7, 11) is 2.19. The number of halogens is 2. The molecular weight excluding hydrogens is 405 g/mol. The van der Waals surface area contributed by atoms with Crippen molar-refractivity contribution in [3.63, 3.8) is 0 Å². The number of ether oxygens (including phenoxy) is 1. The highest BCUT2D eigenvalue weighted by Crippen LogP contribution is 2.25. The van der Waals surface area contributed by atoms with Crippen LogP contribution in [0.15, 0.2) is 42.5 Å². The summed E-state index contributed by atoms with van der Waals surface area (Å²) in [5, 5.41) is 0. The molecule has 0 saturated carbocycles.